The van der Waals surface area contributed by atoms with Gasteiger partial charge in [0.2, 0.25) is 0 Å². The van der Waals surface area contributed by atoms with Crippen molar-refractivity contribution in [2.45, 2.75) is 6.04 Å². The summed E-state index contributed by atoms with van der Waals surface area (Å²) in [6.45, 7) is 0. The Kier molecular flexibility index (Phi) is 4.73. The molecule has 0 radical (unpaired) electrons. The van der Waals surface area contributed by atoms with Crippen LogP contribution in [0.15, 0.2) is 34.8 Å². The van der Waals surface area contributed by atoms with Gasteiger partial charge in [0, 0.05) is 21.1 Å². The Hall–Kier alpha value is -1.04. The number of halogens is 5. The normalized spacial score (nSPS) is 12.5. The molecule has 0 aliphatic heterocycles. The van der Waals surface area contributed by atoms with Crippen LogP contribution in [0.25, 0.3) is 0 Å². The van der Waals surface area contributed by atoms with Crippen LogP contribution in [0.2, 0.25) is 5.02 Å². The van der Waals surface area contributed by atoms with Crippen molar-refractivity contribution < 1.29 is 13.2 Å². The van der Waals surface area contributed by atoms with Crippen LogP contribution in [-0.2, 0) is 0 Å². The van der Waals surface area contributed by atoms with Gasteiger partial charge in [0.25, 0.3) is 0 Å². The molecule has 1 nitrogen and oxygen atoms in total. The molecule has 20 heavy (non-hydrogen) atoms. The predicted octanol–water partition coefficient (Wildman–Crippen LogP) is 4.83. The summed E-state index contributed by atoms with van der Waals surface area (Å²) >= 11 is 9.39. The maximum atomic E-state index is 13.9. The van der Waals surface area contributed by atoms with Gasteiger partial charge in [0.15, 0.2) is 11.6 Å². The molecule has 6 heteroatoms. The van der Waals surface area contributed by atoms with Crippen molar-refractivity contribution in [2.24, 2.45) is 0 Å². The third kappa shape index (κ3) is 3.00. The highest BCUT2D eigenvalue weighted by molar-refractivity contribution is 9.10. The molecule has 1 unspecified atom stereocenters. The summed E-state index contributed by atoms with van der Waals surface area (Å²) in [5.41, 5.74) is 0.555. The molecule has 2 aromatic carbocycles. The molecule has 0 bridgehead atoms. The van der Waals surface area contributed by atoms with Gasteiger partial charge in [0.1, 0.15) is 5.82 Å². The van der Waals surface area contributed by atoms with Gasteiger partial charge in [-0.2, -0.15) is 0 Å². The van der Waals surface area contributed by atoms with E-state index >= 15 is 0 Å². The van der Waals surface area contributed by atoms with Crippen molar-refractivity contribution in [3.8, 4) is 0 Å². The van der Waals surface area contributed by atoms with Crippen molar-refractivity contribution >= 4 is 27.5 Å². The molecule has 1 atom stereocenters. The van der Waals surface area contributed by atoms with Crippen molar-refractivity contribution in [3.63, 3.8) is 0 Å². The first-order valence-corrected chi connectivity index (χ1v) is 6.87. The highest BCUT2D eigenvalue weighted by Crippen LogP contribution is 2.32. The first-order valence-electron chi connectivity index (χ1n) is 5.70. The Morgan fingerprint density at radius 1 is 1.00 bits per heavy atom. The van der Waals surface area contributed by atoms with Crippen LogP contribution in [0.1, 0.15) is 17.2 Å². The maximum absolute atomic E-state index is 13.9. The van der Waals surface area contributed by atoms with Crippen molar-refractivity contribution in [2.75, 3.05) is 7.05 Å². The molecule has 0 aliphatic rings. The molecule has 2 rings (SSSR count). The van der Waals surface area contributed by atoms with Gasteiger partial charge in [-0.25, -0.2) is 13.2 Å². The molecule has 0 amide bonds. The molecule has 0 spiro atoms. The minimum absolute atomic E-state index is 0.00796. The first kappa shape index (κ1) is 15.4. The van der Waals surface area contributed by atoms with E-state index < -0.39 is 23.5 Å². The maximum Gasteiger partial charge on any atom is 0.161 e. The lowest BCUT2D eigenvalue weighted by atomic mass is 9.98. The second-order valence-electron chi connectivity index (χ2n) is 4.18. The zero-order valence-electron chi connectivity index (χ0n) is 10.4. The van der Waals surface area contributed by atoms with Gasteiger partial charge in [-0.15, -0.1) is 0 Å². The molecule has 0 heterocycles. The Labute approximate surface area is 127 Å². The lowest BCUT2D eigenvalue weighted by Crippen LogP contribution is -2.20. The predicted molar refractivity (Wildman–Crippen MR) is 76.4 cm³/mol. The smallest absolute Gasteiger partial charge is 0.161 e. The second kappa shape index (κ2) is 6.16. The third-order valence-electron chi connectivity index (χ3n) is 2.91. The molecule has 0 fully saturated rings. The van der Waals surface area contributed by atoms with Gasteiger partial charge in [-0.3, -0.25) is 0 Å². The fraction of sp³-hybridized carbons (Fsp3) is 0.143. The second-order valence-corrected chi connectivity index (χ2v) is 5.50. The molecule has 0 aromatic heterocycles. The lowest BCUT2D eigenvalue weighted by Gasteiger charge is -2.19. The summed E-state index contributed by atoms with van der Waals surface area (Å²) in [6.07, 6.45) is 0. The van der Waals surface area contributed by atoms with E-state index in [0.29, 0.717) is 16.7 Å². The summed E-state index contributed by atoms with van der Waals surface area (Å²) in [5, 5.41) is 3.26. The average Bonchev–Trinajstić information content (AvgIpc) is 2.40. The molecular weight excluding hydrogens is 355 g/mol. The van der Waals surface area contributed by atoms with Gasteiger partial charge < -0.3 is 5.32 Å². The van der Waals surface area contributed by atoms with Gasteiger partial charge in [0.05, 0.1) is 6.04 Å². The summed E-state index contributed by atoms with van der Waals surface area (Å²) < 4.78 is 41.0. The highest BCUT2D eigenvalue weighted by Gasteiger charge is 2.21. The number of nitrogens with one attached hydrogen (secondary N) is 1. The standard InChI is InChI=1S/C14H10BrClF3N/c1-20-14(8-4-7(15)2-3-10(8)16)9-5-12(18)13(19)6-11(9)17/h2-6,14,20H,1H3. The Balaban J connectivity index is 2.58. The quantitative estimate of drug-likeness (QED) is 0.769. The van der Waals surface area contributed by atoms with Crippen LogP contribution in [0.3, 0.4) is 0 Å². The zero-order valence-corrected chi connectivity index (χ0v) is 12.7. The molecule has 1 N–H and O–H groups in total. The summed E-state index contributed by atoms with van der Waals surface area (Å²) in [4.78, 5) is 0. The largest absolute Gasteiger partial charge is 0.309 e. The molecule has 0 aliphatic carbocycles. The minimum atomic E-state index is -1.22. The van der Waals surface area contributed by atoms with Crippen LogP contribution in [-0.4, -0.2) is 7.05 Å². The summed E-state index contributed by atoms with van der Waals surface area (Å²) in [7, 11) is 1.59. The average molecular weight is 365 g/mol. The lowest BCUT2D eigenvalue weighted by molar-refractivity contribution is 0.483. The van der Waals surface area contributed by atoms with Gasteiger partial charge in [-0.05, 0) is 36.9 Å². The fourth-order valence-electron chi connectivity index (χ4n) is 1.97. The van der Waals surface area contributed by atoms with Crippen LogP contribution in [0.5, 0.6) is 0 Å². The van der Waals surface area contributed by atoms with Gasteiger partial charge in [-0.1, -0.05) is 27.5 Å². The Bertz CT molecular complexity index is 649. The molecular formula is C14H10BrClF3N. The van der Waals surface area contributed by atoms with Crippen LogP contribution in [0.4, 0.5) is 13.2 Å². The first-order chi connectivity index (χ1) is 9.43. The number of benzene rings is 2. The van der Waals surface area contributed by atoms with E-state index in [1.807, 2.05) is 0 Å². The van der Waals surface area contributed by atoms with Crippen LogP contribution < -0.4 is 5.32 Å². The topological polar surface area (TPSA) is 12.0 Å². The Morgan fingerprint density at radius 3 is 2.30 bits per heavy atom. The summed E-state index contributed by atoms with van der Waals surface area (Å²) in [6, 6.07) is 5.76. The number of rotatable bonds is 3. The SMILES string of the molecule is CNC(c1cc(F)c(F)cc1F)c1cc(Br)ccc1Cl. The zero-order chi connectivity index (χ0) is 14.9. The van der Waals surface area contributed by atoms with E-state index in [2.05, 4.69) is 21.2 Å². The van der Waals surface area contributed by atoms with E-state index in [1.54, 1.807) is 25.2 Å². The van der Waals surface area contributed by atoms with Crippen molar-refractivity contribution in [1.82, 2.24) is 5.32 Å². The van der Waals surface area contributed by atoms with Crippen molar-refractivity contribution in [1.29, 1.82) is 0 Å². The molecule has 0 saturated carbocycles. The van der Waals surface area contributed by atoms with E-state index in [9.17, 15) is 13.2 Å². The minimum Gasteiger partial charge on any atom is -0.309 e. The monoisotopic (exact) mass is 363 g/mol. The third-order valence-corrected chi connectivity index (χ3v) is 3.75. The van der Waals surface area contributed by atoms with E-state index in [4.69, 9.17) is 11.6 Å². The van der Waals surface area contributed by atoms with Crippen LogP contribution >= 0.6 is 27.5 Å². The van der Waals surface area contributed by atoms with E-state index in [1.165, 1.54) is 0 Å². The highest BCUT2D eigenvalue weighted by atomic mass is 79.9. The number of hydrogen-bond donors (Lipinski definition) is 1. The summed E-state index contributed by atoms with van der Waals surface area (Å²) in [5.74, 6) is -3.16. The number of hydrogen-bond acceptors (Lipinski definition) is 1. The van der Waals surface area contributed by atoms with Gasteiger partial charge >= 0.3 is 0 Å². The Morgan fingerprint density at radius 2 is 1.65 bits per heavy atom. The van der Waals surface area contributed by atoms with E-state index in [-0.39, 0.29) is 5.56 Å². The molecule has 2 aromatic rings. The van der Waals surface area contributed by atoms with Crippen LogP contribution in [0, 0.1) is 17.5 Å². The molecule has 0 saturated heterocycles. The van der Waals surface area contributed by atoms with Crippen molar-refractivity contribution in [3.05, 3.63) is 68.4 Å². The molecule has 106 valence electrons. The van der Waals surface area contributed by atoms with E-state index in [0.717, 1.165) is 10.5 Å². The fourth-order valence-corrected chi connectivity index (χ4v) is 2.58.